The zero-order valence-corrected chi connectivity index (χ0v) is 18.2. The van der Waals surface area contributed by atoms with Gasteiger partial charge in [-0.3, -0.25) is 4.90 Å². The van der Waals surface area contributed by atoms with Gasteiger partial charge in [0.2, 0.25) is 0 Å². The molecule has 1 aromatic heterocycles. The topological polar surface area (TPSA) is 62.0 Å². The maximum atomic E-state index is 10.6. The van der Waals surface area contributed by atoms with Gasteiger partial charge in [0.15, 0.2) is 5.58 Å². The lowest BCUT2D eigenvalue weighted by atomic mass is 10.0. The van der Waals surface area contributed by atoms with E-state index in [2.05, 4.69) is 39.2 Å². The lowest BCUT2D eigenvalue weighted by Gasteiger charge is -2.36. The molecule has 2 heterocycles. The third-order valence-electron chi connectivity index (χ3n) is 6.20. The molecule has 1 aliphatic heterocycles. The number of aromatic hydroxyl groups is 1. The maximum absolute atomic E-state index is 10.6. The molecule has 6 heteroatoms. The van der Waals surface area contributed by atoms with Crippen molar-refractivity contribution in [3.05, 3.63) is 83.6 Å². The number of methoxy groups -OCH3 is 1. The van der Waals surface area contributed by atoms with Gasteiger partial charge in [-0.1, -0.05) is 35.5 Å². The van der Waals surface area contributed by atoms with E-state index in [0.717, 1.165) is 48.6 Å². The zero-order valence-electron chi connectivity index (χ0n) is 18.2. The second-order valence-electron chi connectivity index (χ2n) is 8.19. The van der Waals surface area contributed by atoms with Crippen LogP contribution in [0.2, 0.25) is 0 Å². The number of piperazine rings is 1. The summed E-state index contributed by atoms with van der Waals surface area (Å²) in [5.41, 5.74) is 4.79. The summed E-state index contributed by atoms with van der Waals surface area (Å²) in [6.45, 7) is 4.32. The molecule has 0 amide bonds. The van der Waals surface area contributed by atoms with Crippen molar-refractivity contribution in [2.24, 2.45) is 0 Å². The maximum Gasteiger partial charge on any atom is 0.175 e. The molecular weight excluding hydrogens is 402 g/mol. The first-order valence-corrected chi connectivity index (χ1v) is 11.0. The van der Waals surface area contributed by atoms with Crippen LogP contribution in [0.25, 0.3) is 11.0 Å². The molecule has 0 aliphatic carbocycles. The van der Waals surface area contributed by atoms with E-state index < -0.39 is 0 Å². The molecule has 1 fully saturated rings. The van der Waals surface area contributed by atoms with Crippen molar-refractivity contribution in [2.45, 2.75) is 13.0 Å². The van der Waals surface area contributed by atoms with Gasteiger partial charge in [0.25, 0.3) is 0 Å². The van der Waals surface area contributed by atoms with Gasteiger partial charge in [0.1, 0.15) is 11.5 Å². The molecule has 1 N–H and O–H groups in total. The molecule has 0 atom stereocenters. The third-order valence-corrected chi connectivity index (χ3v) is 6.20. The standard InChI is InChI=1S/C26H27N3O3/c1-31-21-9-7-20(8-10-21)29-15-13-28(14-16-29)18-23-25(30)12-11-22-24(27-32-26(22)23)17-19-5-3-2-4-6-19/h2-12,30H,13-18H2,1H3. The van der Waals surface area contributed by atoms with Gasteiger partial charge in [-0.25, -0.2) is 0 Å². The highest BCUT2D eigenvalue weighted by Crippen LogP contribution is 2.32. The molecule has 32 heavy (non-hydrogen) atoms. The average molecular weight is 430 g/mol. The first-order valence-electron chi connectivity index (χ1n) is 11.0. The summed E-state index contributed by atoms with van der Waals surface area (Å²) in [5.74, 6) is 1.13. The molecule has 0 bridgehead atoms. The van der Waals surface area contributed by atoms with Crippen LogP contribution in [-0.4, -0.2) is 48.5 Å². The van der Waals surface area contributed by atoms with E-state index >= 15 is 0 Å². The lowest BCUT2D eigenvalue weighted by molar-refractivity contribution is 0.246. The highest BCUT2D eigenvalue weighted by molar-refractivity contribution is 5.84. The molecule has 0 spiro atoms. The van der Waals surface area contributed by atoms with E-state index in [0.29, 0.717) is 18.5 Å². The molecular formula is C26H27N3O3. The van der Waals surface area contributed by atoms with E-state index in [9.17, 15) is 5.11 Å². The Hall–Kier alpha value is -3.51. The molecule has 164 valence electrons. The van der Waals surface area contributed by atoms with E-state index in [1.807, 2.05) is 36.4 Å². The Morgan fingerprint density at radius 2 is 1.69 bits per heavy atom. The quantitative estimate of drug-likeness (QED) is 0.488. The van der Waals surface area contributed by atoms with Crippen LogP contribution in [0.5, 0.6) is 11.5 Å². The molecule has 1 saturated heterocycles. The van der Waals surface area contributed by atoms with Gasteiger partial charge in [-0.2, -0.15) is 0 Å². The zero-order chi connectivity index (χ0) is 21.9. The van der Waals surface area contributed by atoms with Gasteiger partial charge in [-0.05, 0) is 42.0 Å². The monoisotopic (exact) mass is 429 g/mol. The predicted molar refractivity (Wildman–Crippen MR) is 125 cm³/mol. The lowest BCUT2D eigenvalue weighted by Crippen LogP contribution is -2.45. The predicted octanol–water partition coefficient (Wildman–Crippen LogP) is 4.46. The number of anilines is 1. The Bertz CT molecular complexity index is 1180. The Balaban J connectivity index is 1.29. The van der Waals surface area contributed by atoms with E-state index in [1.54, 1.807) is 13.2 Å². The molecule has 1 aliphatic rings. The van der Waals surface area contributed by atoms with E-state index in [1.165, 1.54) is 11.3 Å². The van der Waals surface area contributed by atoms with Crippen LogP contribution < -0.4 is 9.64 Å². The summed E-state index contributed by atoms with van der Waals surface area (Å²) in [7, 11) is 1.68. The van der Waals surface area contributed by atoms with Crippen LogP contribution in [0.4, 0.5) is 5.69 Å². The van der Waals surface area contributed by atoms with E-state index in [-0.39, 0.29) is 5.75 Å². The van der Waals surface area contributed by atoms with Gasteiger partial charge in [0.05, 0.1) is 18.4 Å². The molecule has 6 nitrogen and oxygen atoms in total. The minimum Gasteiger partial charge on any atom is -0.507 e. The molecule has 0 unspecified atom stereocenters. The largest absolute Gasteiger partial charge is 0.507 e. The minimum absolute atomic E-state index is 0.262. The average Bonchev–Trinajstić information content (AvgIpc) is 3.25. The van der Waals surface area contributed by atoms with Crippen molar-refractivity contribution >= 4 is 16.7 Å². The summed E-state index contributed by atoms with van der Waals surface area (Å²) in [5, 5.41) is 15.9. The minimum atomic E-state index is 0.262. The second kappa shape index (κ2) is 8.93. The fourth-order valence-corrected chi connectivity index (χ4v) is 4.35. The van der Waals surface area contributed by atoms with Crippen LogP contribution in [0.15, 0.2) is 71.3 Å². The molecule has 3 aromatic carbocycles. The Morgan fingerprint density at radius 1 is 0.938 bits per heavy atom. The number of phenols is 1. The summed E-state index contributed by atoms with van der Waals surface area (Å²) in [6.07, 6.45) is 0.707. The van der Waals surface area contributed by atoms with Crippen molar-refractivity contribution in [1.82, 2.24) is 10.1 Å². The van der Waals surface area contributed by atoms with Crippen molar-refractivity contribution in [2.75, 3.05) is 38.2 Å². The van der Waals surface area contributed by atoms with Gasteiger partial charge in [0, 0.05) is 50.2 Å². The summed E-state index contributed by atoms with van der Waals surface area (Å²) in [6, 6.07) is 22.1. The normalized spacial score (nSPS) is 14.7. The van der Waals surface area contributed by atoms with Crippen molar-refractivity contribution in [1.29, 1.82) is 0 Å². The highest BCUT2D eigenvalue weighted by atomic mass is 16.5. The number of hydrogen-bond acceptors (Lipinski definition) is 6. The Labute approximate surface area is 187 Å². The number of hydrogen-bond donors (Lipinski definition) is 1. The molecule has 4 aromatic rings. The fourth-order valence-electron chi connectivity index (χ4n) is 4.35. The molecule has 0 saturated carbocycles. The number of benzene rings is 3. The number of aromatic nitrogens is 1. The van der Waals surface area contributed by atoms with E-state index in [4.69, 9.17) is 9.26 Å². The number of ether oxygens (including phenoxy) is 1. The van der Waals surface area contributed by atoms with Gasteiger partial charge in [-0.15, -0.1) is 0 Å². The number of fused-ring (bicyclic) bond motifs is 1. The fraction of sp³-hybridized carbons (Fsp3) is 0.269. The van der Waals surface area contributed by atoms with Crippen molar-refractivity contribution < 1.29 is 14.4 Å². The summed E-state index contributed by atoms with van der Waals surface area (Å²) in [4.78, 5) is 4.73. The van der Waals surface area contributed by atoms with Gasteiger partial charge >= 0.3 is 0 Å². The number of rotatable bonds is 6. The summed E-state index contributed by atoms with van der Waals surface area (Å²) < 4.78 is 11.0. The smallest absolute Gasteiger partial charge is 0.175 e. The number of phenolic OH excluding ortho intramolecular Hbond substituents is 1. The van der Waals surface area contributed by atoms with Crippen LogP contribution in [-0.2, 0) is 13.0 Å². The summed E-state index contributed by atoms with van der Waals surface area (Å²) >= 11 is 0. The van der Waals surface area contributed by atoms with Gasteiger partial charge < -0.3 is 19.3 Å². The third kappa shape index (κ3) is 4.14. The van der Waals surface area contributed by atoms with Crippen molar-refractivity contribution in [3.63, 3.8) is 0 Å². The van der Waals surface area contributed by atoms with Crippen LogP contribution >= 0.6 is 0 Å². The molecule has 0 radical (unpaired) electrons. The Kier molecular flexibility index (Phi) is 5.69. The number of nitrogens with zero attached hydrogens (tertiary/aromatic N) is 3. The van der Waals surface area contributed by atoms with Crippen LogP contribution in [0.3, 0.4) is 0 Å². The SMILES string of the molecule is COc1ccc(N2CCN(Cc3c(O)ccc4c(Cc5ccccc5)noc34)CC2)cc1. The van der Waals surface area contributed by atoms with Crippen molar-refractivity contribution in [3.8, 4) is 11.5 Å². The first-order chi connectivity index (χ1) is 15.7. The van der Waals surface area contributed by atoms with Crippen LogP contribution in [0, 0.1) is 0 Å². The van der Waals surface area contributed by atoms with Crippen LogP contribution in [0.1, 0.15) is 16.8 Å². The highest BCUT2D eigenvalue weighted by Gasteiger charge is 2.22. The second-order valence-corrected chi connectivity index (χ2v) is 8.19. The molecule has 5 rings (SSSR count). The Morgan fingerprint density at radius 3 is 2.41 bits per heavy atom. The first kappa shape index (κ1) is 20.4.